The van der Waals surface area contributed by atoms with Crippen LogP contribution in [0.25, 0.3) is 5.52 Å². The van der Waals surface area contributed by atoms with Gasteiger partial charge >= 0.3 is 110 Å². The summed E-state index contributed by atoms with van der Waals surface area (Å²) in [5.41, 5.74) is 0.954. The van der Waals surface area contributed by atoms with Gasteiger partial charge < -0.3 is 0 Å². The molecule has 0 spiro atoms. The standard InChI is InChI=1S/C11H5BrF3NSe/c1-2-7-6-9-8(12)4-3-5-16(9)10(7)17-11(13,14)15/h1,3-6H. The summed E-state index contributed by atoms with van der Waals surface area (Å²) in [6.45, 7) is 0. The second-order valence-electron chi connectivity index (χ2n) is 3.17. The molecule has 0 saturated heterocycles. The van der Waals surface area contributed by atoms with Crippen molar-refractivity contribution < 1.29 is 13.2 Å². The van der Waals surface area contributed by atoms with Crippen LogP contribution in [-0.4, -0.2) is 24.4 Å². The first kappa shape index (κ1) is 12.6. The molecule has 0 radical (unpaired) electrons. The van der Waals surface area contributed by atoms with Crippen LogP contribution in [0.15, 0.2) is 28.9 Å². The Hall–Kier alpha value is -0.891. The Morgan fingerprint density at radius 1 is 1.41 bits per heavy atom. The molecule has 2 aromatic heterocycles. The van der Waals surface area contributed by atoms with Gasteiger partial charge in [0.25, 0.3) is 0 Å². The monoisotopic (exact) mass is 367 g/mol. The van der Waals surface area contributed by atoms with Crippen molar-refractivity contribution in [3.8, 4) is 12.3 Å². The van der Waals surface area contributed by atoms with Gasteiger partial charge in [-0.05, 0) is 0 Å². The van der Waals surface area contributed by atoms with Gasteiger partial charge in [0, 0.05) is 0 Å². The number of terminal acetylenes is 1. The fourth-order valence-electron chi connectivity index (χ4n) is 1.46. The summed E-state index contributed by atoms with van der Waals surface area (Å²) in [6.07, 6.45) is 6.83. The summed E-state index contributed by atoms with van der Waals surface area (Å²) in [6, 6.07) is 5.03. The van der Waals surface area contributed by atoms with Gasteiger partial charge in [-0.2, -0.15) is 0 Å². The van der Waals surface area contributed by atoms with E-state index in [0.717, 1.165) is 4.47 Å². The van der Waals surface area contributed by atoms with E-state index in [2.05, 4.69) is 21.9 Å². The van der Waals surface area contributed by atoms with Crippen molar-refractivity contribution in [1.29, 1.82) is 0 Å². The fourth-order valence-corrected chi connectivity index (χ4v) is 3.39. The zero-order chi connectivity index (χ0) is 12.6. The number of aromatic nitrogens is 1. The molecule has 0 aliphatic rings. The Morgan fingerprint density at radius 3 is 2.71 bits per heavy atom. The molecule has 0 bridgehead atoms. The van der Waals surface area contributed by atoms with E-state index < -0.39 is 20.0 Å². The summed E-state index contributed by atoms with van der Waals surface area (Å²) < 4.78 is 39.9. The molecule has 1 nitrogen and oxygen atoms in total. The van der Waals surface area contributed by atoms with E-state index in [4.69, 9.17) is 6.42 Å². The molecular weight excluding hydrogens is 362 g/mol. The maximum absolute atomic E-state index is 12.5. The molecular formula is C11H5BrF3NSe. The predicted octanol–water partition coefficient (Wildman–Crippen LogP) is 2.53. The van der Waals surface area contributed by atoms with Gasteiger partial charge in [-0.3, -0.25) is 0 Å². The van der Waals surface area contributed by atoms with Crippen molar-refractivity contribution in [2.75, 3.05) is 0 Å². The molecule has 0 unspecified atom stereocenters. The van der Waals surface area contributed by atoms with Crippen molar-refractivity contribution in [3.63, 3.8) is 0 Å². The Bertz CT molecular complexity index is 609. The quantitative estimate of drug-likeness (QED) is 0.539. The summed E-state index contributed by atoms with van der Waals surface area (Å²) in [5.74, 6) is 2.31. The van der Waals surface area contributed by atoms with Gasteiger partial charge in [-0.1, -0.05) is 0 Å². The number of hydrogen-bond acceptors (Lipinski definition) is 0. The molecule has 0 fully saturated rings. The summed E-state index contributed by atoms with van der Waals surface area (Å²) in [4.78, 5) is 0. The molecule has 0 aliphatic carbocycles. The Balaban J connectivity index is 2.68. The average Bonchev–Trinajstić information content (AvgIpc) is 2.56. The van der Waals surface area contributed by atoms with Crippen LogP contribution in [0.3, 0.4) is 0 Å². The second kappa shape index (κ2) is 4.41. The first-order chi connectivity index (χ1) is 7.92. The van der Waals surface area contributed by atoms with Crippen LogP contribution < -0.4 is 4.59 Å². The molecule has 6 heteroatoms. The molecule has 0 saturated carbocycles. The number of hydrogen-bond donors (Lipinski definition) is 0. The number of pyridine rings is 1. The van der Waals surface area contributed by atoms with Crippen LogP contribution >= 0.6 is 15.9 Å². The Kier molecular flexibility index (Phi) is 3.26. The van der Waals surface area contributed by atoms with Crippen LogP contribution in [0, 0.1) is 12.3 Å². The average molecular weight is 367 g/mol. The SMILES string of the molecule is C#Cc1cc2c(Br)cccn2c1[Se]C(F)(F)F. The van der Waals surface area contributed by atoms with E-state index in [1.807, 2.05) is 0 Å². The first-order valence-electron chi connectivity index (χ1n) is 4.44. The maximum atomic E-state index is 12.5. The third kappa shape index (κ3) is 2.52. The third-order valence-electron chi connectivity index (χ3n) is 2.08. The summed E-state index contributed by atoms with van der Waals surface area (Å²) in [5, 5.41) is -4.21. The van der Waals surface area contributed by atoms with Crippen molar-refractivity contribution in [2.45, 2.75) is 5.07 Å². The van der Waals surface area contributed by atoms with Crippen LogP contribution in [0.5, 0.6) is 0 Å². The molecule has 2 aromatic rings. The van der Waals surface area contributed by atoms with Gasteiger partial charge in [0.15, 0.2) is 0 Å². The molecule has 2 heterocycles. The number of halogens is 4. The van der Waals surface area contributed by atoms with Crippen molar-refractivity contribution >= 4 is 41.0 Å². The fraction of sp³-hybridized carbons (Fsp3) is 0.0909. The molecule has 0 N–H and O–H groups in total. The molecule has 0 amide bonds. The van der Waals surface area contributed by atoms with Gasteiger partial charge in [0.05, 0.1) is 0 Å². The van der Waals surface area contributed by atoms with Gasteiger partial charge in [-0.15, -0.1) is 0 Å². The normalized spacial score (nSPS) is 11.7. The van der Waals surface area contributed by atoms with Crippen LogP contribution in [0.1, 0.15) is 5.56 Å². The first-order valence-corrected chi connectivity index (χ1v) is 6.95. The zero-order valence-corrected chi connectivity index (χ0v) is 11.6. The van der Waals surface area contributed by atoms with E-state index in [-0.39, 0.29) is 4.59 Å². The van der Waals surface area contributed by atoms with E-state index in [9.17, 15) is 13.2 Å². The minimum absolute atomic E-state index is 0.156. The van der Waals surface area contributed by atoms with E-state index in [1.54, 1.807) is 24.4 Å². The number of fused-ring (bicyclic) bond motifs is 1. The second-order valence-corrected chi connectivity index (χ2v) is 6.23. The molecule has 88 valence electrons. The molecule has 2 rings (SSSR count). The van der Waals surface area contributed by atoms with Crippen LogP contribution in [0.2, 0.25) is 0 Å². The minimum atomic E-state index is -4.21. The molecule has 17 heavy (non-hydrogen) atoms. The van der Waals surface area contributed by atoms with Crippen molar-refractivity contribution in [3.05, 3.63) is 34.4 Å². The summed E-state index contributed by atoms with van der Waals surface area (Å²) in [7, 11) is 0. The van der Waals surface area contributed by atoms with Crippen molar-refractivity contribution in [2.24, 2.45) is 0 Å². The van der Waals surface area contributed by atoms with E-state index >= 15 is 0 Å². The molecule has 0 aliphatic heterocycles. The molecule has 0 aromatic carbocycles. The van der Waals surface area contributed by atoms with Gasteiger partial charge in [0.2, 0.25) is 0 Å². The third-order valence-corrected chi connectivity index (χ3v) is 4.52. The molecule has 0 atom stereocenters. The van der Waals surface area contributed by atoms with E-state index in [0.29, 0.717) is 11.1 Å². The zero-order valence-electron chi connectivity index (χ0n) is 8.25. The number of nitrogens with zero attached hydrogens (tertiary/aromatic N) is 1. The summed E-state index contributed by atoms with van der Waals surface area (Å²) >= 11 is 1.64. The van der Waals surface area contributed by atoms with E-state index in [1.165, 1.54) is 4.40 Å². The Labute approximate surface area is 110 Å². The topological polar surface area (TPSA) is 4.41 Å². The predicted molar refractivity (Wildman–Crippen MR) is 64.5 cm³/mol. The van der Waals surface area contributed by atoms with Crippen LogP contribution in [-0.2, 0) is 0 Å². The number of rotatable bonds is 1. The number of alkyl halides is 3. The van der Waals surface area contributed by atoms with Gasteiger partial charge in [0.1, 0.15) is 0 Å². The van der Waals surface area contributed by atoms with Gasteiger partial charge in [-0.25, -0.2) is 0 Å². The van der Waals surface area contributed by atoms with Crippen molar-refractivity contribution in [1.82, 2.24) is 4.40 Å². The van der Waals surface area contributed by atoms with Crippen LogP contribution in [0.4, 0.5) is 13.2 Å². The Morgan fingerprint density at radius 2 is 2.12 bits per heavy atom.